The number of carbonyl (C=O) groups is 1. The summed E-state index contributed by atoms with van der Waals surface area (Å²) < 4.78 is 10.5. The molecule has 3 rings (SSSR count). The molecule has 0 bridgehead atoms. The SMILES string of the molecule is Cc1cc(CN(C)C(=O)c2cc3cc(N)ccc3o2)no1. The molecular weight excluding hydrogens is 270 g/mol. The van der Waals surface area contributed by atoms with E-state index in [1.54, 1.807) is 37.4 Å². The molecule has 21 heavy (non-hydrogen) atoms. The van der Waals surface area contributed by atoms with Crippen molar-refractivity contribution < 1.29 is 13.7 Å². The summed E-state index contributed by atoms with van der Waals surface area (Å²) in [7, 11) is 1.69. The summed E-state index contributed by atoms with van der Waals surface area (Å²) in [6.07, 6.45) is 0. The molecule has 1 aromatic carbocycles. The number of nitrogens with zero attached hydrogens (tertiary/aromatic N) is 2. The Bertz CT molecular complexity index is 803. The van der Waals surface area contributed by atoms with E-state index in [4.69, 9.17) is 14.7 Å². The molecule has 1 amide bonds. The molecule has 0 radical (unpaired) electrons. The van der Waals surface area contributed by atoms with Crippen LogP contribution in [0.25, 0.3) is 11.0 Å². The van der Waals surface area contributed by atoms with E-state index in [1.165, 1.54) is 4.90 Å². The van der Waals surface area contributed by atoms with Crippen molar-refractivity contribution in [3.8, 4) is 0 Å². The van der Waals surface area contributed by atoms with E-state index in [9.17, 15) is 4.79 Å². The fourth-order valence-electron chi connectivity index (χ4n) is 2.16. The van der Waals surface area contributed by atoms with Crippen molar-refractivity contribution in [2.24, 2.45) is 0 Å². The number of carbonyl (C=O) groups excluding carboxylic acids is 1. The summed E-state index contributed by atoms with van der Waals surface area (Å²) in [6, 6.07) is 8.75. The highest BCUT2D eigenvalue weighted by molar-refractivity contribution is 5.96. The third kappa shape index (κ3) is 2.60. The fraction of sp³-hybridized carbons (Fsp3) is 0.200. The first-order chi connectivity index (χ1) is 10.0. The van der Waals surface area contributed by atoms with Crippen LogP contribution in [0.1, 0.15) is 22.0 Å². The first-order valence-electron chi connectivity index (χ1n) is 6.49. The van der Waals surface area contributed by atoms with Gasteiger partial charge in [0.05, 0.1) is 6.54 Å². The third-order valence-electron chi connectivity index (χ3n) is 3.17. The van der Waals surface area contributed by atoms with Crippen LogP contribution in [0.4, 0.5) is 5.69 Å². The van der Waals surface area contributed by atoms with Crippen LogP contribution < -0.4 is 5.73 Å². The van der Waals surface area contributed by atoms with E-state index in [2.05, 4.69) is 5.16 Å². The van der Waals surface area contributed by atoms with Crippen molar-refractivity contribution in [3.05, 3.63) is 47.5 Å². The van der Waals surface area contributed by atoms with Gasteiger partial charge in [0, 0.05) is 24.2 Å². The molecule has 0 aliphatic heterocycles. The highest BCUT2D eigenvalue weighted by Gasteiger charge is 2.18. The second-order valence-electron chi connectivity index (χ2n) is 5.00. The van der Waals surface area contributed by atoms with Gasteiger partial charge < -0.3 is 19.6 Å². The lowest BCUT2D eigenvalue weighted by molar-refractivity contribution is 0.0753. The van der Waals surface area contributed by atoms with Gasteiger partial charge in [0.15, 0.2) is 5.76 Å². The molecule has 0 saturated carbocycles. The van der Waals surface area contributed by atoms with Crippen molar-refractivity contribution in [3.63, 3.8) is 0 Å². The number of fused-ring (bicyclic) bond motifs is 1. The second-order valence-corrected chi connectivity index (χ2v) is 5.00. The van der Waals surface area contributed by atoms with Crippen LogP contribution >= 0.6 is 0 Å². The van der Waals surface area contributed by atoms with Gasteiger partial charge in [-0.2, -0.15) is 0 Å². The summed E-state index contributed by atoms with van der Waals surface area (Å²) in [5.74, 6) is 0.772. The number of rotatable bonds is 3. The van der Waals surface area contributed by atoms with Crippen molar-refractivity contribution in [1.29, 1.82) is 0 Å². The average Bonchev–Trinajstić information content (AvgIpc) is 3.03. The Labute approximate surface area is 121 Å². The minimum Gasteiger partial charge on any atom is -0.451 e. The molecule has 2 aromatic heterocycles. The molecule has 108 valence electrons. The lowest BCUT2D eigenvalue weighted by Gasteiger charge is -2.13. The maximum absolute atomic E-state index is 12.4. The van der Waals surface area contributed by atoms with Gasteiger partial charge in [-0.1, -0.05) is 5.16 Å². The highest BCUT2D eigenvalue weighted by Crippen LogP contribution is 2.22. The van der Waals surface area contributed by atoms with Gasteiger partial charge in [0.1, 0.15) is 17.0 Å². The summed E-state index contributed by atoms with van der Waals surface area (Å²) in [5.41, 5.74) is 7.69. The number of nitrogen functional groups attached to an aromatic ring is 1. The molecule has 0 unspecified atom stereocenters. The van der Waals surface area contributed by atoms with E-state index >= 15 is 0 Å². The standard InChI is InChI=1S/C15H15N3O3/c1-9-5-12(17-21-9)8-18(2)15(19)14-7-10-6-11(16)3-4-13(10)20-14/h3-7H,8,16H2,1-2H3. The number of nitrogens with two attached hydrogens (primary N) is 1. The lowest BCUT2D eigenvalue weighted by Crippen LogP contribution is -2.25. The Morgan fingerprint density at radius 1 is 1.33 bits per heavy atom. The van der Waals surface area contributed by atoms with Gasteiger partial charge in [-0.25, -0.2) is 0 Å². The topological polar surface area (TPSA) is 85.5 Å². The average molecular weight is 285 g/mol. The minimum absolute atomic E-state index is 0.217. The predicted octanol–water partition coefficient (Wildman–Crippen LogP) is 2.58. The minimum atomic E-state index is -0.217. The predicted molar refractivity (Wildman–Crippen MR) is 77.7 cm³/mol. The van der Waals surface area contributed by atoms with Crippen LogP contribution in [0.3, 0.4) is 0 Å². The normalized spacial score (nSPS) is 11.0. The van der Waals surface area contributed by atoms with Crippen LogP contribution in [0.5, 0.6) is 0 Å². The van der Waals surface area contributed by atoms with Crippen LogP contribution in [-0.4, -0.2) is 23.0 Å². The Balaban J connectivity index is 1.82. The van der Waals surface area contributed by atoms with Crippen molar-refractivity contribution in [2.75, 3.05) is 12.8 Å². The highest BCUT2D eigenvalue weighted by atomic mass is 16.5. The number of aromatic nitrogens is 1. The number of hydrogen-bond donors (Lipinski definition) is 1. The van der Waals surface area contributed by atoms with Crippen LogP contribution in [0, 0.1) is 6.92 Å². The van der Waals surface area contributed by atoms with Gasteiger partial charge in [-0.15, -0.1) is 0 Å². The second kappa shape index (κ2) is 4.97. The summed E-state index contributed by atoms with van der Waals surface area (Å²) in [4.78, 5) is 13.9. The van der Waals surface area contributed by atoms with E-state index in [-0.39, 0.29) is 11.7 Å². The molecule has 0 atom stereocenters. The van der Waals surface area contributed by atoms with Crippen LogP contribution in [-0.2, 0) is 6.54 Å². The monoisotopic (exact) mass is 285 g/mol. The maximum Gasteiger partial charge on any atom is 0.289 e. The molecule has 6 nitrogen and oxygen atoms in total. The summed E-state index contributed by atoms with van der Waals surface area (Å²) >= 11 is 0. The zero-order chi connectivity index (χ0) is 15.0. The van der Waals surface area contributed by atoms with E-state index in [1.807, 2.05) is 6.92 Å². The third-order valence-corrected chi connectivity index (χ3v) is 3.17. The molecule has 2 N–H and O–H groups in total. The molecule has 0 aliphatic rings. The zero-order valence-corrected chi connectivity index (χ0v) is 11.8. The lowest BCUT2D eigenvalue weighted by atomic mass is 10.2. The molecule has 3 aromatic rings. The van der Waals surface area contributed by atoms with Crippen LogP contribution in [0.2, 0.25) is 0 Å². The van der Waals surface area contributed by atoms with E-state index in [0.29, 0.717) is 29.3 Å². The maximum atomic E-state index is 12.4. The molecule has 6 heteroatoms. The quantitative estimate of drug-likeness (QED) is 0.747. The summed E-state index contributed by atoms with van der Waals surface area (Å²) in [5, 5.41) is 4.68. The first-order valence-corrected chi connectivity index (χ1v) is 6.49. The van der Waals surface area contributed by atoms with E-state index < -0.39 is 0 Å². The number of furan rings is 1. The Hall–Kier alpha value is -2.76. The van der Waals surface area contributed by atoms with Crippen molar-refractivity contribution in [2.45, 2.75) is 13.5 Å². The van der Waals surface area contributed by atoms with Crippen molar-refractivity contribution >= 4 is 22.6 Å². The Kier molecular flexibility index (Phi) is 3.13. The number of aryl methyl sites for hydroxylation is 1. The molecule has 0 aliphatic carbocycles. The van der Waals surface area contributed by atoms with Gasteiger partial charge in [0.2, 0.25) is 0 Å². The smallest absolute Gasteiger partial charge is 0.289 e. The zero-order valence-electron chi connectivity index (χ0n) is 11.8. The molecule has 0 spiro atoms. The molecule has 0 fully saturated rings. The number of amides is 1. The molecule has 2 heterocycles. The van der Waals surface area contributed by atoms with E-state index in [0.717, 1.165) is 5.39 Å². The Morgan fingerprint density at radius 2 is 2.14 bits per heavy atom. The van der Waals surface area contributed by atoms with Gasteiger partial charge >= 0.3 is 0 Å². The van der Waals surface area contributed by atoms with Gasteiger partial charge in [-0.3, -0.25) is 4.79 Å². The molecule has 0 saturated heterocycles. The van der Waals surface area contributed by atoms with Crippen molar-refractivity contribution in [1.82, 2.24) is 10.1 Å². The number of benzene rings is 1. The van der Waals surface area contributed by atoms with Crippen LogP contribution in [0.15, 0.2) is 39.3 Å². The molecular formula is C15H15N3O3. The summed E-state index contributed by atoms with van der Waals surface area (Å²) in [6.45, 7) is 2.16. The number of anilines is 1. The van der Waals surface area contributed by atoms with Gasteiger partial charge in [0.25, 0.3) is 5.91 Å². The number of hydrogen-bond acceptors (Lipinski definition) is 5. The fourth-order valence-corrected chi connectivity index (χ4v) is 2.16. The first kappa shape index (κ1) is 13.2. The van der Waals surface area contributed by atoms with Gasteiger partial charge in [-0.05, 0) is 31.2 Å². The largest absolute Gasteiger partial charge is 0.451 e. The Morgan fingerprint density at radius 3 is 2.86 bits per heavy atom.